The van der Waals surface area contributed by atoms with E-state index in [0.29, 0.717) is 11.4 Å². The molecule has 55 heavy (non-hydrogen) atoms. The van der Waals surface area contributed by atoms with Gasteiger partial charge in [0.15, 0.2) is 5.82 Å². The molecule has 0 aliphatic carbocycles. The van der Waals surface area contributed by atoms with Gasteiger partial charge in [0.1, 0.15) is 27.4 Å². The summed E-state index contributed by atoms with van der Waals surface area (Å²) in [6.45, 7) is 7.20. The van der Waals surface area contributed by atoms with E-state index in [1.54, 1.807) is 17.0 Å². The zero-order valence-electron chi connectivity index (χ0n) is 31.3. The maximum Gasteiger partial charge on any atom is 1.00 e. The minimum atomic E-state index is -4.83. The molecule has 0 aliphatic heterocycles. The fraction of sp³-hybridized carbons (Fsp3) is 0.433. The number of azo groups is 1. The summed E-state index contributed by atoms with van der Waals surface area (Å²) in [6.07, 6.45) is 0.689. The molecular formula is C30H34Br2K3N7O10S3. The summed E-state index contributed by atoms with van der Waals surface area (Å²) in [6, 6.07) is 8.97. The van der Waals surface area contributed by atoms with E-state index in [1.165, 1.54) is 17.7 Å². The van der Waals surface area contributed by atoms with Crippen molar-refractivity contribution in [3.63, 3.8) is 0 Å². The van der Waals surface area contributed by atoms with Crippen molar-refractivity contribution in [3.8, 4) is 11.8 Å². The van der Waals surface area contributed by atoms with Crippen LogP contribution in [0.3, 0.4) is 0 Å². The summed E-state index contributed by atoms with van der Waals surface area (Å²) >= 11 is 6.59. The van der Waals surface area contributed by atoms with Gasteiger partial charge >= 0.3 is 154 Å². The molecule has 1 amide bonds. The zero-order chi connectivity index (χ0) is 39.2. The van der Waals surface area contributed by atoms with Crippen molar-refractivity contribution in [1.29, 1.82) is 5.26 Å². The smallest absolute Gasteiger partial charge is 0.748 e. The Morgan fingerprint density at radius 2 is 1.40 bits per heavy atom. The van der Waals surface area contributed by atoms with Gasteiger partial charge in [0.25, 0.3) is 0 Å². The second-order valence-corrected chi connectivity index (χ2v) is 18.7. The number of rotatable bonds is 16. The molecule has 25 heteroatoms. The van der Waals surface area contributed by atoms with Gasteiger partial charge in [-0.25, -0.2) is 29.9 Å². The molecule has 1 N–H and O–H groups in total. The van der Waals surface area contributed by atoms with Crippen LogP contribution in [0, 0.1) is 11.3 Å². The van der Waals surface area contributed by atoms with Gasteiger partial charge in [-0.2, -0.15) is 10.4 Å². The molecule has 0 bridgehead atoms. The number of carbonyl (C=O) groups is 1. The average molecular weight is 1030 g/mol. The number of amides is 1. The first-order valence-corrected chi connectivity index (χ1v) is 21.5. The van der Waals surface area contributed by atoms with Crippen LogP contribution in [0.5, 0.6) is 0 Å². The fourth-order valence-corrected chi connectivity index (χ4v) is 8.37. The van der Waals surface area contributed by atoms with Crippen LogP contribution in [0.1, 0.15) is 64.6 Å². The minimum Gasteiger partial charge on any atom is -0.748 e. The van der Waals surface area contributed by atoms with Gasteiger partial charge in [0, 0.05) is 51.6 Å². The molecule has 0 atom stereocenters. The molecule has 0 unspecified atom stereocenters. The van der Waals surface area contributed by atoms with Crippen LogP contribution in [-0.2, 0) is 40.6 Å². The van der Waals surface area contributed by atoms with Gasteiger partial charge in [-0.3, -0.25) is 4.79 Å². The maximum absolute atomic E-state index is 12.3. The quantitative estimate of drug-likeness (QED) is 0.0628. The summed E-state index contributed by atoms with van der Waals surface area (Å²) in [7, 11) is -13.7. The van der Waals surface area contributed by atoms with Crippen LogP contribution in [-0.4, -0.2) is 79.2 Å². The first kappa shape index (κ1) is 56.6. The van der Waals surface area contributed by atoms with Crippen LogP contribution in [0.2, 0.25) is 0 Å². The Labute approximate surface area is 465 Å². The van der Waals surface area contributed by atoms with E-state index in [0.717, 1.165) is 12.1 Å². The standard InChI is InChI=1S/C30H37Br2N7O10S3.3K/c1-19(40)34-26-15-20(38(11-5-7-13-50(41,42)43)12-6-8-14-51(44,45)46)9-10-25(26)35-36-29-22(18-33)28(30(2,3)4)37-39(29)27-23(31)16-21(17-24(27)32)52(47,48)49;;;/h9-10,15-17H,5-8,11-14H2,1-4H3,(H,34,40)(H,41,42,43)(H,44,45,46)(H,47,48,49);;;/q;3*+1/p-3. The van der Waals surface area contributed by atoms with Crippen molar-refractivity contribution < 1.29 is 198 Å². The minimum absolute atomic E-state index is 0. The normalized spacial score (nSPS) is 11.9. The fourth-order valence-electron chi connectivity index (χ4n) is 4.91. The molecule has 1 heterocycles. The van der Waals surface area contributed by atoms with E-state index in [-0.39, 0.29) is 230 Å². The number of hydrogen-bond acceptors (Lipinski definition) is 15. The van der Waals surface area contributed by atoms with Crippen LogP contribution in [0.4, 0.5) is 22.9 Å². The monoisotopic (exact) mass is 1020 g/mol. The largest absolute Gasteiger partial charge is 1.00 e. The molecule has 0 radical (unpaired) electrons. The van der Waals surface area contributed by atoms with Crippen molar-refractivity contribution in [2.24, 2.45) is 10.2 Å². The van der Waals surface area contributed by atoms with Crippen molar-refractivity contribution >= 4 is 91.0 Å². The zero-order valence-corrected chi connectivity index (χ0v) is 46.3. The Kier molecular flexibility index (Phi) is 25.0. The molecule has 2 aromatic carbocycles. The number of aromatic nitrogens is 2. The van der Waals surface area contributed by atoms with Crippen molar-refractivity contribution in [2.45, 2.75) is 63.7 Å². The number of anilines is 2. The summed E-state index contributed by atoms with van der Waals surface area (Å²) < 4.78 is 103. The number of nitriles is 1. The van der Waals surface area contributed by atoms with E-state index >= 15 is 0 Å². The van der Waals surface area contributed by atoms with Crippen LogP contribution < -0.4 is 164 Å². The number of nitrogens with one attached hydrogen (secondary N) is 1. The third-order valence-electron chi connectivity index (χ3n) is 7.23. The van der Waals surface area contributed by atoms with E-state index < -0.39 is 58.1 Å². The molecule has 3 aromatic rings. The maximum atomic E-state index is 12.3. The van der Waals surface area contributed by atoms with Gasteiger partial charge in [0.05, 0.1) is 42.2 Å². The van der Waals surface area contributed by atoms with Gasteiger partial charge in [-0.1, -0.05) is 20.8 Å². The molecule has 3 rings (SSSR count). The van der Waals surface area contributed by atoms with Gasteiger partial charge in [0.2, 0.25) is 5.91 Å². The molecule has 0 aliphatic rings. The first-order chi connectivity index (χ1) is 23.9. The van der Waals surface area contributed by atoms with Gasteiger partial charge < -0.3 is 23.9 Å². The van der Waals surface area contributed by atoms with Crippen molar-refractivity contribution in [3.05, 3.63) is 50.5 Å². The number of unbranched alkanes of at least 4 members (excludes halogenated alkanes) is 2. The van der Waals surface area contributed by atoms with Crippen LogP contribution in [0.25, 0.3) is 5.69 Å². The number of halogens is 2. The topological polar surface area (TPSA) is 270 Å². The van der Waals surface area contributed by atoms with E-state index in [9.17, 15) is 49.0 Å². The van der Waals surface area contributed by atoms with Crippen LogP contribution >= 0.6 is 31.9 Å². The molecular weight excluding hydrogens is 992 g/mol. The van der Waals surface area contributed by atoms with E-state index in [2.05, 4.69) is 58.6 Å². The molecule has 17 nitrogen and oxygen atoms in total. The summed E-state index contributed by atoms with van der Waals surface area (Å²) in [4.78, 5) is 13.5. The molecule has 0 saturated heterocycles. The number of benzene rings is 2. The second kappa shape index (κ2) is 24.3. The van der Waals surface area contributed by atoms with Gasteiger partial charge in [-0.15, -0.1) is 10.2 Å². The second-order valence-electron chi connectivity index (χ2n) is 12.5. The number of hydrogen-bond donors (Lipinski definition) is 1. The number of carbonyl (C=O) groups excluding carboxylic acids is 1. The Balaban J connectivity index is 0.00000972. The predicted molar refractivity (Wildman–Crippen MR) is 195 cm³/mol. The van der Waals surface area contributed by atoms with Crippen molar-refractivity contribution in [2.75, 3.05) is 34.8 Å². The SMILES string of the molecule is CC(=O)Nc1cc(N(CCCCS(=O)(=O)[O-])CCCCS(=O)(=O)[O-])ccc1N=Nc1c(C#N)c(C(C)(C)C)nn1-c1c(Br)cc(S(=O)(=O)[O-])cc1Br.[K+].[K+].[K+]. The molecule has 1 aromatic heterocycles. The summed E-state index contributed by atoms with van der Waals surface area (Å²) in [5.41, 5.74) is 0.711. The Morgan fingerprint density at radius 3 is 1.82 bits per heavy atom. The number of nitrogens with zero attached hydrogens (tertiary/aromatic N) is 6. The van der Waals surface area contributed by atoms with Crippen LogP contribution in [0.15, 0.2) is 54.4 Å². The Bertz CT molecular complexity index is 2180. The molecule has 284 valence electrons. The van der Waals surface area contributed by atoms with E-state index in [4.69, 9.17) is 0 Å². The molecule has 0 spiro atoms. The van der Waals surface area contributed by atoms with Crippen molar-refractivity contribution in [1.82, 2.24) is 9.78 Å². The Morgan fingerprint density at radius 1 is 0.891 bits per heavy atom. The third kappa shape index (κ3) is 18.2. The first-order valence-electron chi connectivity index (χ1n) is 15.4. The molecule has 0 fully saturated rings. The third-order valence-corrected chi connectivity index (χ3v) is 10.8. The van der Waals surface area contributed by atoms with Gasteiger partial charge in [-0.05, 0) is 87.9 Å². The summed E-state index contributed by atoms with van der Waals surface area (Å²) in [5.74, 6) is -1.68. The summed E-state index contributed by atoms with van der Waals surface area (Å²) in [5, 5.41) is 26.2. The average Bonchev–Trinajstić information content (AvgIpc) is 3.36. The Hall–Kier alpha value is 1.61. The predicted octanol–water partition coefficient (Wildman–Crippen LogP) is -3.69. The van der Waals surface area contributed by atoms with E-state index in [1.807, 2.05) is 20.8 Å². The molecule has 0 saturated carbocycles.